The molecule has 0 unspecified atom stereocenters. The maximum Gasteiger partial charge on any atom is 0.292 e. The number of nitro groups is 1. The topological polar surface area (TPSA) is 55.2 Å². The van der Waals surface area contributed by atoms with Gasteiger partial charge in [0.1, 0.15) is 5.69 Å². The predicted molar refractivity (Wildman–Crippen MR) is 71.5 cm³/mol. The van der Waals surface area contributed by atoms with Crippen LogP contribution >= 0.6 is 0 Å². The first-order valence-electron chi connectivity index (χ1n) is 5.91. The lowest BCUT2D eigenvalue weighted by molar-refractivity contribution is -0.384. The highest BCUT2D eigenvalue weighted by molar-refractivity contribution is 5.66. The van der Waals surface area contributed by atoms with Crippen molar-refractivity contribution in [3.8, 4) is 0 Å². The lowest BCUT2D eigenvalue weighted by Gasteiger charge is -2.10. The third-order valence-corrected chi connectivity index (χ3v) is 2.90. The van der Waals surface area contributed by atoms with Crippen LogP contribution in [0.2, 0.25) is 0 Å². The first-order chi connectivity index (χ1) is 9.49. The summed E-state index contributed by atoms with van der Waals surface area (Å²) < 4.78 is 25.9. The molecule has 0 spiro atoms. The third kappa shape index (κ3) is 2.90. The highest BCUT2D eigenvalue weighted by atomic mass is 19.2. The van der Waals surface area contributed by atoms with Crippen LogP contribution in [0.3, 0.4) is 0 Å². The molecular formula is C14H12F2N2O2. The second-order valence-corrected chi connectivity index (χ2v) is 4.33. The molecule has 0 aliphatic heterocycles. The van der Waals surface area contributed by atoms with E-state index in [1.54, 1.807) is 19.1 Å². The molecule has 104 valence electrons. The highest BCUT2D eigenvalue weighted by Crippen LogP contribution is 2.28. The molecule has 0 radical (unpaired) electrons. The molecule has 0 amide bonds. The van der Waals surface area contributed by atoms with Crippen LogP contribution in [0.4, 0.5) is 20.2 Å². The molecule has 1 N–H and O–H groups in total. The van der Waals surface area contributed by atoms with Gasteiger partial charge in [-0.2, -0.15) is 0 Å². The lowest BCUT2D eigenvalue weighted by atomic mass is 10.1. The van der Waals surface area contributed by atoms with Crippen LogP contribution in [0.5, 0.6) is 0 Å². The Kier molecular flexibility index (Phi) is 3.93. The molecule has 0 aromatic heterocycles. The fourth-order valence-corrected chi connectivity index (χ4v) is 1.87. The minimum absolute atomic E-state index is 0.0485. The van der Waals surface area contributed by atoms with Crippen LogP contribution < -0.4 is 5.32 Å². The molecule has 2 rings (SSSR count). The van der Waals surface area contributed by atoms with Gasteiger partial charge in [-0.25, -0.2) is 8.78 Å². The quantitative estimate of drug-likeness (QED) is 0.683. The molecule has 0 aliphatic rings. The van der Waals surface area contributed by atoms with Crippen molar-refractivity contribution in [3.05, 3.63) is 69.3 Å². The van der Waals surface area contributed by atoms with Gasteiger partial charge in [0.2, 0.25) is 0 Å². The molecule has 6 heteroatoms. The summed E-state index contributed by atoms with van der Waals surface area (Å²) in [6, 6.07) is 8.23. The number of aryl methyl sites for hydroxylation is 1. The van der Waals surface area contributed by atoms with Gasteiger partial charge < -0.3 is 5.32 Å². The first-order valence-corrected chi connectivity index (χ1v) is 5.91. The van der Waals surface area contributed by atoms with E-state index in [9.17, 15) is 18.9 Å². The average Bonchev–Trinajstić information content (AvgIpc) is 2.40. The SMILES string of the molecule is Cc1cccc([N+](=O)[O-])c1NCc1ccc(F)c(F)c1. The summed E-state index contributed by atoms with van der Waals surface area (Å²) in [7, 11) is 0. The first kappa shape index (κ1) is 13.9. The molecule has 20 heavy (non-hydrogen) atoms. The lowest BCUT2D eigenvalue weighted by Crippen LogP contribution is -2.05. The number of nitro benzene ring substituents is 1. The van der Waals surface area contributed by atoms with E-state index in [-0.39, 0.29) is 12.2 Å². The van der Waals surface area contributed by atoms with Gasteiger partial charge in [-0.1, -0.05) is 18.2 Å². The number of anilines is 1. The zero-order chi connectivity index (χ0) is 14.7. The zero-order valence-electron chi connectivity index (χ0n) is 10.7. The Labute approximate surface area is 114 Å². The van der Waals surface area contributed by atoms with E-state index in [1.165, 1.54) is 12.1 Å². The molecule has 0 saturated carbocycles. The second kappa shape index (κ2) is 5.64. The molecule has 4 nitrogen and oxygen atoms in total. The smallest absolute Gasteiger partial charge is 0.292 e. The van der Waals surface area contributed by atoms with Gasteiger partial charge >= 0.3 is 0 Å². The van der Waals surface area contributed by atoms with E-state index in [0.717, 1.165) is 12.1 Å². The molecular weight excluding hydrogens is 266 g/mol. The number of para-hydroxylation sites is 1. The van der Waals surface area contributed by atoms with Crippen molar-refractivity contribution in [2.45, 2.75) is 13.5 Å². The van der Waals surface area contributed by atoms with Crippen LogP contribution in [0.15, 0.2) is 36.4 Å². The Bertz CT molecular complexity index is 660. The molecule has 2 aromatic carbocycles. The van der Waals surface area contributed by atoms with Gasteiger partial charge in [0.15, 0.2) is 11.6 Å². The summed E-state index contributed by atoms with van der Waals surface area (Å²) >= 11 is 0. The summed E-state index contributed by atoms with van der Waals surface area (Å²) in [5, 5.41) is 13.8. The van der Waals surface area contributed by atoms with Crippen molar-refractivity contribution < 1.29 is 13.7 Å². The predicted octanol–water partition coefficient (Wildman–Crippen LogP) is 3.79. The maximum atomic E-state index is 13.1. The van der Waals surface area contributed by atoms with E-state index >= 15 is 0 Å². The number of nitrogens with one attached hydrogen (secondary N) is 1. The van der Waals surface area contributed by atoms with E-state index in [4.69, 9.17) is 0 Å². The molecule has 2 aromatic rings. The molecule has 0 atom stereocenters. The van der Waals surface area contributed by atoms with Crippen molar-refractivity contribution in [3.63, 3.8) is 0 Å². The summed E-state index contributed by atoms with van der Waals surface area (Å²) in [5.74, 6) is -1.86. The van der Waals surface area contributed by atoms with E-state index in [0.29, 0.717) is 16.8 Å². The van der Waals surface area contributed by atoms with Crippen LogP contribution in [0.25, 0.3) is 0 Å². The molecule has 0 bridgehead atoms. The minimum atomic E-state index is -0.941. The van der Waals surface area contributed by atoms with Gasteiger partial charge in [0, 0.05) is 12.6 Å². The van der Waals surface area contributed by atoms with Crippen LogP contribution in [0.1, 0.15) is 11.1 Å². The van der Waals surface area contributed by atoms with E-state index in [2.05, 4.69) is 5.32 Å². The van der Waals surface area contributed by atoms with Crippen LogP contribution in [-0.4, -0.2) is 4.92 Å². The van der Waals surface area contributed by atoms with E-state index in [1.807, 2.05) is 0 Å². The Morgan fingerprint density at radius 3 is 2.60 bits per heavy atom. The summed E-state index contributed by atoms with van der Waals surface area (Å²) in [6.45, 7) is 1.91. The minimum Gasteiger partial charge on any atom is -0.375 e. The normalized spacial score (nSPS) is 10.3. The van der Waals surface area contributed by atoms with Gasteiger partial charge in [0.05, 0.1) is 4.92 Å². The fourth-order valence-electron chi connectivity index (χ4n) is 1.87. The van der Waals surface area contributed by atoms with Crippen LogP contribution in [-0.2, 0) is 6.54 Å². The number of nitrogens with zero attached hydrogens (tertiary/aromatic N) is 1. The number of rotatable bonds is 4. The summed E-state index contributed by atoms with van der Waals surface area (Å²) in [4.78, 5) is 10.5. The number of benzene rings is 2. The van der Waals surface area contributed by atoms with E-state index < -0.39 is 16.6 Å². The maximum absolute atomic E-state index is 13.1. The molecule has 0 fully saturated rings. The van der Waals surface area contributed by atoms with Crippen LogP contribution in [0, 0.1) is 28.7 Å². The summed E-state index contributed by atoms with van der Waals surface area (Å²) in [6.07, 6.45) is 0. The van der Waals surface area contributed by atoms with Gasteiger partial charge in [-0.05, 0) is 30.2 Å². The zero-order valence-corrected chi connectivity index (χ0v) is 10.7. The molecule has 0 aliphatic carbocycles. The highest BCUT2D eigenvalue weighted by Gasteiger charge is 2.15. The van der Waals surface area contributed by atoms with Gasteiger partial charge in [-0.3, -0.25) is 10.1 Å². The Morgan fingerprint density at radius 1 is 1.20 bits per heavy atom. The number of hydrogen-bond acceptors (Lipinski definition) is 3. The standard InChI is InChI=1S/C14H12F2N2O2/c1-9-3-2-4-13(18(19)20)14(9)17-8-10-5-6-11(15)12(16)7-10/h2-7,17H,8H2,1H3. The monoisotopic (exact) mass is 278 g/mol. The molecule has 0 saturated heterocycles. The summed E-state index contributed by atoms with van der Waals surface area (Å²) in [5.41, 5.74) is 1.54. The average molecular weight is 278 g/mol. The van der Waals surface area contributed by atoms with Crippen molar-refractivity contribution in [1.82, 2.24) is 0 Å². The van der Waals surface area contributed by atoms with Gasteiger partial charge in [-0.15, -0.1) is 0 Å². The van der Waals surface area contributed by atoms with Crippen molar-refractivity contribution in [2.75, 3.05) is 5.32 Å². The van der Waals surface area contributed by atoms with Crippen molar-refractivity contribution in [2.24, 2.45) is 0 Å². The number of halogens is 2. The third-order valence-electron chi connectivity index (χ3n) is 2.90. The molecule has 0 heterocycles. The Balaban J connectivity index is 2.22. The number of hydrogen-bond donors (Lipinski definition) is 1. The largest absolute Gasteiger partial charge is 0.375 e. The Morgan fingerprint density at radius 2 is 1.95 bits per heavy atom. The second-order valence-electron chi connectivity index (χ2n) is 4.33. The van der Waals surface area contributed by atoms with Crippen molar-refractivity contribution in [1.29, 1.82) is 0 Å². The van der Waals surface area contributed by atoms with Gasteiger partial charge in [0.25, 0.3) is 5.69 Å². The fraction of sp³-hybridized carbons (Fsp3) is 0.143. The Hall–Kier alpha value is -2.50. The van der Waals surface area contributed by atoms with Crippen molar-refractivity contribution >= 4 is 11.4 Å².